The van der Waals surface area contributed by atoms with E-state index in [2.05, 4.69) is 38.3 Å². The van der Waals surface area contributed by atoms with Crippen molar-refractivity contribution >= 4 is 43.8 Å². The molecule has 21 heavy (non-hydrogen) atoms. The molecule has 1 aliphatic heterocycles. The Morgan fingerprint density at radius 3 is 2.05 bits per heavy atom. The van der Waals surface area contributed by atoms with Crippen LogP contribution in [-0.4, -0.2) is 55.7 Å². The number of nitrogens with two attached hydrogens (primary N) is 1. The molecular formula is C13H30N2O3S2Si. The van der Waals surface area contributed by atoms with E-state index in [1.54, 1.807) is 0 Å². The minimum Gasteiger partial charge on any atom is -0.487 e. The van der Waals surface area contributed by atoms with Crippen LogP contribution in [0.25, 0.3) is 0 Å². The highest BCUT2D eigenvalue weighted by Gasteiger charge is 2.08. The van der Waals surface area contributed by atoms with E-state index in [1.807, 2.05) is 11.8 Å². The van der Waals surface area contributed by atoms with Gasteiger partial charge in [-0.2, -0.15) is 0 Å². The first-order chi connectivity index (χ1) is 9.88. The predicted molar refractivity (Wildman–Crippen MR) is 99.6 cm³/mol. The van der Waals surface area contributed by atoms with Gasteiger partial charge in [0, 0.05) is 19.7 Å². The van der Waals surface area contributed by atoms with Gasteiger partial charge in [-0.25, -0.2) is 0 Å². The lowest BCUT2D eigenvalue weighted by Crippen LogP contribution is -2.30. The fraction of sp³-hybridized carbons (Fsp3) is 0.846. The molecule has 8 heteroatoms. The molecule has 1 rings (SSSR count). The van der Waals surface area contributed by atoms with Gasteiger partial charge in [0.2, 0.25) is 0 Å². The third-order valence-electron chi connectivity index (χ3n) is 2.70. The van der Waals surface area contributed by atoms with Crippen molar-refractivity contribution in [3.8, 4) is 0 Å². The van der Waals surface area contributed by atoms with Gasteiger partial charge in [-0.05, 0) is 64.2 Å². The second kappa shape index (κ2) is 15.9. The first-order valence-corrected chi connectivity index (χ1v) is 10.7. The molecule has 1 atom stereocenters. The number of nitrogens with zero attached hydrogens (tertiary/aromatic N) is 1. The van der Waals surface area contributed by atoms with Crippen LogP contribution in [0.5, 0.6) is 0 Å². The summed E-state index contributed by atoms with van der Waals surface area (Å²) in [4.78, 5) is 2.01. The van der Waals surface area contributed by atoms with E-state index in [4.69, 9.17) is 26.5 Å². The highest BCUT2D eigenvalue weighted by molar-refractivity contribution is 7.80. The summed E-state index contributed by atoms with van der Waals surface area (Å²) >= 11 is 8.85. The number of rotatable bonds is 3. The molecule has 1 fully saturated rings. The van der Waals surface area contributed by atoms with Crippen molar-refractivity contribution in [3.63, 3.8) is 0 Å². The summed E-state index contributed by atoms with van der Waals surface area (Å²) < 4.78 is 10.6. The van der Waals surface area contributed by atoms with Crippen molar-refractivity contribution in [1.29, 1.82) is 0 Å². The number of ether oxygens (including phenoxy) is 1. The summed E-state index contributed by atoms with van der Waals surface area (Å²) in [6, 6.07) is 1.40. The standard InChI is InChI=1S/C7H15NOS.C5H12OSi.CH3NOS/c1-4-8(5-2)7(10)9-6-3;1-7-5-3-2-4-6-7;2-1(3)4/h4-6H2,1-3H3;7H,2-5H2,1H3;(H3,2,3,4). The van der Waals surface area contributed by atoms with E-state index < -0.39 is 14.2 Å². The van der Waals surface area contributed by atoms with Crippen molar-refractivity contribution in [2.24, 2.45) is 5.73 Å². The van der Waals surface area contributed by atoms with E-state index in [1.165, 1.54) is 18.9 Å². The third-order valence-corrected chi connectivity index (χ3v) is 5.10. The Bertz CT molecular complexity index is 270. The van der Waals surface area contributed by atoms with E-state index in [-0.39, 0.29) is 0 Å². The van der Waals surface area contributed by atoms with Gasteiger partial charge in [-0.1, -0.05) is 6.42 Å². The summed E-state index contributed by atoms with van der Waals surface area (Å²) in [5.74, 6) is 0. The van der Waals surface area contributed by atoms with Crippen LogP contribution in [0.1, 0.15) is 33.6 Å². The zero-order chi connectivity index (χ0) is 16.7. The average Bonchev–Trinajstić information content (AvgIpc) is 2.41. The number of aliphatic hydroxyl groups is 1. The maximum atomic E-state index is 7.56. The lowest BCUT2D eigenvalue weighted by Gasteiger charge is -2.20. The summed E-state index contributed by atoms with van der Waals surface area (Å²) in [5, 5.41) is 7.68. The van der Waals surface area contributed by atoms with Crippen LogP contribution in [-0.2, 0) is 9.16 Å². The number of hydrogen-bond acceptors (Lipinski definition) is 4. The normalized spacial score (nSPS) is 16.5. The van der Waals surface area contributed by atoms with Crippen molar-refractivity contribution in [1.82, 2.24) is 4.90 Å². The molecule has 1 unspecified atom stereocenters. The molecule has 0 radical (unpaired) electrons. The fourth-order valence-electron chi connectivity index (χ4n) is 1.60. The molecule has 0 amide bonds. The van der Waals surface area contributed by atoms with Gasteiger partial charge in [0.1, 0.15) is 0 Å². The van der Waals surface area contributed by atoms with Crippen molar-refractivity contribution < 1.29 is 14.3 Å². The van der Waals surface area contributed by atoms with Crippen molar-refractivity contribution in [3.05, 3.63) is 0 Å². The fourth-order valence-corrected chi connectivity index (χ4v) is 3.57. The van der Waals surface area contributed by atoms with Crippen LogP contribution in [0.3, 0.4) is 0 Å². The first kappa shape index (κ1) is 22.8. The van der Waals surface area contributed by atoms with Gasteiger partial charge < -0.3 is 24.9 Å². The van der Waals surface area contributed by atoms with Crippen LogP contribution in [0.2, 0.25) is 12.6 Å². The van der Waals surface area contributed by atoms with E-state index in [9.17, 15) is 0 Å². The molecule has 126 valence electrons. The molecule has 0 aromatic carbocycles. The third kappa shape index (κ3) is 17.5. The summed E-state index contributed by atoms with van der Waals surface area (Å²) in [5.41, 5.74) is 4.40. The molecule has 0 bridgehead atoms. The van der Waals surface area contributed by atoms with Gasteiger partial charge in [0.15, 0.2) is 9.04 Å². The second-order valence-corrected chi connectivity index (χ2v) is 7.69. The van der Waals surface area contributed by atoms with Gasteiger partial charge in [0.05, 0.1) is 6.61 Å². The number of aliphatic hydroxyl groups excluding tert-OH is 1. The largest absolute Gasteiger partial charge is 0.487 e. The molecule has 3 N–H and O–H groups in total. The zero-order valence-corrected chi connectivity index (χ0v) is 16.4. The van der Waals surface area contributed by atoms with Gasteiger partial charge in [-0.3, -0.25) is 0 Å². The lowest BCUT2D eigenvalue weighted by atomic mass is 10.4. The van der Waals surface area contributed by atoms with Crippen LogP contribution in [0, 0.1) is 0 Å². The molecule has 0 spiro atoms. The molecule has 0 aliphatic carbocycles. The van der Waals surface area contributed by atoms with Gasteiger partial charge in [0.25, 0.3) is 10.3 Å². The summed E-state index contributed by atoms with van der Waals surface area (Å²) in [6.07, 6.45) is 2.73. The molecule has 1 aliphatic rings. The Kier molecular flexibility index (Phi) is 17.3. The monoisotopic (exact) mass is 354 g/mol. The quantitative estimate of drug-likeness (QED) is 0.596. The maximum Gasteiger partial charge on any atom is 0.259 e. The topological polar surface area (TPSA) is 68.0 Å². The van der Waals surface area contributed by atoms with Crippen LogP contribution in [0.4, 0.5) is 0 Å². The molecule has 1 saturated heterocycles. The first-order valence-electron chi connectivity index (χ1n) is 7.40. The molecule has 0 aromatic rings. The minimum atomic E-state index is -0.595. The second-order valence-electron chi connectivity index (χ2n) is 4.39. The lowest BCUT2D eigenvalue weighted by molar-refractivity contribution is 0.264. The van der Waals surface area contributed by atoms with Crippen LogP contribution < -0.4 is 5.73 Å². The highest BCUT2D eigenvalue weighted by Crippen LogP contribution is 2.09. The number of thiocarbonyl (C=S) groups is 2. The zero-order valence-electron chi connectivity index (χ0n) is 13.6. The van der Waals surface area contributed by atoms with E-state index in [0.29, 0.717) is 11.8 Å². The highest BCUT2D eigenvalue weighted by atomic mass is 32.1. The Balaban J connectivity index is 0. The van der Waals surface area contributed by atoms with E-state index >= 15 is 0 Å². The van der Waals surface area contributed by atoms with Crippen LogP contribution in [0.15, 0.2) is 0 Å². The van der Waals surface area contributed by atoms with Crippen LogP contribution >= 0.6 is 24.4 Å². The smallest absolute Gasteiger partial charge is 0.259 e. The van der Waals surface area contributed by atoms with Gasteiger partial charge in [-0.15, -0.1) is 0 Å². The summed E-state index contributed by atoms with van der Waals surface area (Å²) in [7, 11) is -0.595. The summed E-state index contributed by atoms with van der Waals surface area (Å²) in [6.45, 7) is 11.9. The molecule has 5 nitrogen and oxygen atoms in total. The SMILES string of the molecule is CCOC(=S)N(CC)CC.C[SiH]1CCCCO1.NC(O)=S. The minimum absolute atomic E-state index is 0.500. The van der Waals surface area contributed by atoms with Gasteiger partial charge >= 0.3 is 0 Å². The molecule has 1 heterocycles. The maximum absolute atomic E-state index is 7.56. The molecule has 0 saturated carbocycles. The molecular weight excluding hydrogens is 324 g/mol. The Morgan fingerprint density at radius 1 is 1.29 bits per heavy atom. The Morgan fingerprint density at radius 2 is 1.81 bits per heavy atom. The van der Waals surface area contributed by atoms with E-state index in [0.717, 1.165) is 19.7 Å². The average molecular weight is 355 g/mol. The molecule has 0 aromatic heterocycles. The Hall–Kier alpha value is -0.443. The predicted octanol–water partition coefficient (Wildman–Crippen LogP) is 2.59. The number of hydrogen-bond donors (Lipinski definition) is 2. The Labute approximate surface area is 141 Å². The van der Waals surface area contributed by atoms with Crippen molar-refractivity contribution in [2.75, 3.05) is 26.3 Å². The van der Waals surface area contributed by atoms with Crippen molar-refractivity contribution in [2.45, 2.75) is 46.2 Å².